The summed E-state index contributed by atoms with van der Waals surface area (Å²) in [7, 11) is -3.77. The van der Waals surface area contributed by atoms with Gasteiger partial charge in [0.1, 0.15) is 6.54 Å². The van der Waals surface area contributed by atoms with Crippen molar-refractivity contribution < 1.29 is 27.9 Å². The van der Waals surface area contributed by atoms with Crippen molar-refractivity contribution in [1.82, 2.24) is 10.6 Å². The van der Waals surface area contributed by atoms with Crippen molar-refractivity contribution in [3.8, 4) is 0 Å². The second kappa shape index (κ2) is 13.3. The van der Waals surface area contributed by atoms with Gasteiger partial charge >= 0.3 is 5.97 Å². The van der Waals surface area contributed by atoms with Gasteiger partial charge in [0.05, 0.1) is 22.5 Å². The van der Waals surface area contributed by atoms with Crippen molar-refractivity contribution >= 4 is 33.3 Å². The molecule has 8 nitrogen and oxygen atoms in total. The van der Waals surface area contributed by atoms with E-state index in [0.29, 0.717) is 24.5 Å². The molecule has 37 heavy (non-hydrogen) atoms. The first-order valence-electron chi connectivity index (χ1n) is 11.7. The Morgan fingerprint density at radius 1 is 1.00 bits per heavy atom. The molecule has 3 rings (SSSR count). The maximum Gasteiger partial charge on any atom is 0.325 e. The van der Waals surface area contributed by atoms with Gasteiger partial charge in [-0.1, -0.05) is 35.9 Å². The first kappa shape index (κ1) is 28.3. The van der Waals surface area contributed by atoms with Crippen LogP contribution in [0.5, 0.6) is 0 Å². The van der Waals surface area contributed by atoms with Crippen LogP contribution in [0.15, 0.2) is 82.6 Å². The molecule has 0 spiro atoms. The highest BCUT2D eigenvalue weighted by atomic mass is 35.5. The van der Waals surface area contributed by atoms with Gasteiger partial charge in [-0.15, -0.1) is 0 Å². The Bertz CT molecular complexity index is 1310. The van der Waals surface area contributed by atoms with Crippen molar-refractivity contribution in [1.29, 1.82) is 0 Å². The Hall–Kier alpha value is -3.24. The van der Waals surface area contributed by atoms with E-state index in [1.807, 2.05) is 6.07 Å². The minimum Gasteiger partial charge on any atom is -0.465 e. The third-order valence-corrected chi connectivity index (χ3v) is 7.54. The largest absolute Gasteiger partial charge is 0.465 e. The number of halogens is 1. The van der Waals surface area contributed by atoms with Crippen LogP contribution >= 0.6 is 11.6 Å². The molecule has 3 aromatic rings. The molecule has 10 heteroatoms. The summed E-state index contributed by atoms with van der Waals surface area (Å²) in [6.45, 7) is 2.58. The molecule has 0 bridgehead atoms. The lowest BCUT2D eigenvalue weighted by atomic mass is 10.1. The van der Waals surface area contributed by atoms with E-state index in [2.05, 4.69) is 10.6 Å². The van der Waals surface area contributed by atoms with E-state index in [0.717, 1.165) is 11.1 Å². The van der Waals surface area contributed by atoms with Crippen LogP contribution in [-0.2, 0) is 25.8 Å². The van der Waals surface area contributed by atoms with E-state index in [1.54, 1.807) is 49.4 Å². The summed E-state index contributed by atoms with van der Waals surface area (Å²) >= 11 is 5.96. The maximum absolute atomic E-state index is 13.0. The summed E-state index contributed by atoms with van der Waals surface area (Å²) in [6, 6.07) is 19.2. The monoisotopic (exact) mass is 544 g/mol. The van der Waals surface area contributed by atoms with Crippen molar-refractivity contribution in [3.05, 3.63) is 94.5 Å². The molecule has 0 aliphatic carbocycles. The highest BCUT2D eigenvalue weighted by molar-refractivity contribution is 7.91. The van der Waals surface area contributed by atoms with Gasteiger partial charge in [0.15, 0.2) is 0 Å². The number of carbonyl (C=O) groups is 2. The van der Waals surface area contributed by atoms with E-state index in [1.165, 1.54) is 24.3 Å². The Morgan fingerprint density at radius 2 is 1.65 bits per heavy atom. The number of rotatable bonds is 12. The molecule has 0 radical (unpaired) electrons. The minimum absolute atomic E-state index is 0.0545. The van der Waals surface area contributed by atoms with E-state index in [4.69, 9.17) is 16.3 Å². The summed E-state index contributed by atoms with van der Waals surface area (Å²) in [5, 5.41) is 16.5. The maximum atomic E-state index is 13.0. The number of aliphatic hydroxyl groups excluding tert-OH is 1. The average molecular weight is 545 g/mol. The van der Waals surface area contributed by atoms with Crippen LogP contribution in [0, 0.1) is 0 Å². The number of hydrogen-bond acceptors (Lipinski definition) is 7. The average Bonchev–Trinajstić information content (AvgIpc) is 2.90. The van der Waals surface area contributed by atoms with Crippen molar-refractivity contribution in [2.24, 2.45) is 0 Å². The van der Waals surface area contributed by atoms with Gasteiger partial charge in [0.25, 0.3) is 5.91 Å². The fourth-order valence-corrected chi connectivity index (χ4v) is 4.99. The van der Waals surface area contributed by atoms with Gasteiger partial charge in [-0.2, -0.15) is 0 Å². The lowest BCUT2D eigenvalue weighted by Gasteiger charge is -2.13. The predicted molar refractivity (Wildman–Crippen MR) is 140 cm³/mol. The van der Waals surface area contributed by atoms with Crippen LogP contribution in [-0.4, -0.2) is 51.6 Å². The Kier molecular flexibility index (Phi) is 10.2. The summed E-state index contributed by atoms with van der Waals surface area (Å²) in [5.74, 6) is -1.06. The second-order valence-electron chi connectivity index (χ2n) is 8.18. The number of esters is 1. The number of nitrogens with one attached hydrogen (secondary N) is 2. The van der Waals surface area contributed by atoms with Gasteiger partial charge in [-0.3, -0.25) is 9.59 Å². The van der Waals surface area contributed by atoms with E-state index < -0.39 is 27.8 Å². The van der Waals surface area contributed by atoms with Gasteiger partial charge < -0.3 is 20.5 Å². The lowest BCUT2D eigenvalue weighted by Crippen LogP contribution is -2.30. The standard InChI is InChI=1S/C27H29ClN2O6S/c1-2-36-26(32)18-30-27(33)20-8-12-24(13-9-20)37(34,35)23-10-6-19(7-11-23)14-15-29-17-25(31)21-4-3-5-22(28)16-21/h3-13,16,25,29,31H,2,14-15,17-18H2,1H3,(H,30,33)/t25-/m0/s1. The number of amides is 1. The molecule has 3 aromatic carbocycles. The normalized spacial score (nSPS) is 12.1. The topological polar surface area (TPSA) is 122 Å². The number of benzene rings is 3. The van der Waals surface area contributed by atoms with Crippen LogP contribution in [0.1, 0.15) is 34.5 Å². The zero-order chi connectivity index (χ0) is 26.8. The fraction of sp³-hybridized carbons (Fsp3) is 0.259. The zero-order valence-corrected chi connectivity index (χ0v) is 21.9. The third-order valence-electron chi connectivity index (χ3n) is 5.52. The summed E-state index contributed by atoms with van der Waals surface area (Å²) in [6.07, 6.45) is -0.0284. The molecule has 196 valence electrons. The van der Waals surface area contributed by atoms with E-state index in [9.17, 15) is 23.1 Å². The summed E-state index contributed by atoms with van der Waals surface area (Å²) in [4.78, 5) is 23.7. The highest BCUT2D eigenvalue weighted by Gasteiger charge is 2.18. The number of sulfone groups is 1. The van der Waals surface area contributed by atoms with Crippen LogP contribution in [0.4, 0.5) is 0 Å². The first-order valence-corrected chi connectivity index (χ1v) is 13.6. The quantitative estimate of drug-likeness (QED) is 0.236. The Balaban J connectivity index is 1.52. The van der Waals surface area contributed by atoms with Gasteiger partial charge in [-0.05, 0) is 79.5 Å². The SMILES string of the molecule is CCOC(=O)CNC(=O)c1ccc(S(=O)(=O)c2ccc(CCNC[C@H](O)c3cccc(Cl)c3)cc2)cc1. The van der Waals surface area contributed by atoms with E-state index in [-0.39, 0.29) is 28.5 Å². The van der Waals surface area contributed by atoms with Gasteiger partial charge in [0, 0.05) is 17.1 Å². The van der Waals surface area contributed by atoms with Gasteiger partial charge in [0.2, 0.25) is 9.84 Å². The number of hydrogen-bond donors (Lipinski definition) is 3. The molecule has 0 aliphatic heterocycles. The van der Waals surface area contributed by atoms with Crippen LogP contribution in [0.2, 0.25) is 5.02 Å². The van der Waals surface area contributed by atoms with E-state index >= 15 is 0 Å². The lowest BCUT2D eigenvalue weighted by molar-refractivity contribution is -0.141. The molecule has 1 atom stereocenters. The van der Waals surface area contributed by atoms with Crippen molar-refractivity contribution in [3.63, 3.8) is 0 Å². The predicted octanol–water partition coefficient (Wildman–Crippen LogP) is 3.33. The number of aliphatic hydroxyl groups is 1. The summed E-state index contributed by atoms with van der Waals surface area (Å²) < 4.78 is 30.7. The third kappa shape index (κ3) is 8.13. The Morgan fingerprint density at radius 3 is 2.27 bits per heavy atom. The number of ether oxygens (including phenoxy) is 1. The molecule has 1 amide bonds. The second-order valence-corrected chi connectivity index (χ2v) is 10.6. The molecule has 3 N–H and O–H groups in total. The van der Waals surface area contributed by atoms with Crippen LogP contribution in [0.25, 0.3) is 0 Å². The molecular weight excluding hydrogens is 516 g/mol. The Labute approximate surface area is 221 Å². The summed E-state index contributed by atoms with van der Waals surface area (Å²) in [5.41, 5.74) is 1.91. The zero-order valence-electron chi connectivity index (χ0n) is 20.3. The molecule has 0 unspecified atom stereocenters. The molecule has 0 heterocycles. The molecule has 0 fully saturated rings. The highest BCUT2D eigenvalue weighted by Crippen LogP contribution is 2.22. The first-order chi connectivity index (χ1) is 17.7. The van der Waals surface area contributed by atoms with Crippen LogP contribution in [0.3, 0.4) is 0 Å². The fourth-order valence-electron chi connectivity index (χ4n) is 3.53. The van der Waals surface area contributed by atoms with Gasteiger partial charge in [-0.25, -0.2) is 8.42 Å². The molecule has 0 aliphatic rings. The molecule has 0 saturated heterocycles. The molecular formula is C27H29ClN2O6S. The molecule has 0 aromatic heterocycles. The van der Waals surface area contributed by atoms with Crippen molar-refractivity contribution in [2.75, 3.05) is 26.2 Å². The van der Waals surface area contributed by atoms with Crippen molar-refractivity contribution in [2.45, 2.75) is 29.2 Å². The smallest absolute Gasteiger partial charge is 0.325 e. The number of carbonyl (C=O) groups excluding carboxylic acids is 2. The van der Waals surface area contributed by atoms with Crippen LogP contribution < -0.4 is 10.6 Å². The minimum atomic E-state index is -3.77. The molecule has 0 saturated carbocycles.